The van der Waals surface area contributed by atoms with Gasteiger partial charge in [-0.25, -0.2) is 0 Å². The summed E-state index contributed by atoms with van der Waals surface area (Å²) in [6, 6.07) is 5.99. The number of aliphatic carboxylic acids is 1. The van der Waals surface area contributed by atoms with E-state index in [0.717, 1.165) is 31.4 Å². The van der Waals surface area contributed by atoms with E-state index in [4.69, 9.17) is 13.3 Å². The maximum Gasteiger partial charge on any atom is 0.305 e. The number of rotatable bonds is 22. The summed E-state index contributed by atoms with van der Waals surface area (Å²) < 4.78 is 21.1. The zero-order valence-electron chi connectivity index (χ0n) is 40.5. The van der Waals surface area contributed by atoms with Crippen molar-refractivity contribution in [3.05, 3.63) is 47.3 Å². The Morgan fingerprint density at radius 1 is 0.807 bits per heavy atom. The molecule has 0 aliphatic carbocycles. The molecule has 10 heteroatoms. The molecule has 7 nitrogen and oxygen atoms in total. The third-order valence-electron chi connectivity index (χ3n) is 13.7. The lowest BCUT2D eigenvalue weighted by atomic mass is 9.71. The van der Waals surface area contributed by atoms with Crippen LogP contribution >= 0.6 is 0 Å². The van der Waals surface area contributed by atoms with Crippen LogP contribution < -0.4 is 0 Å². The number of carbonyl (C=O) groups is 2. The molecule has 0 aromatic carbocycles. The summed E-state index contributed by atoms with van der Waals surface area (Å²) in [5.41, 5.74) is 2.44. The number of nitrogens with zero attached hydrogens (tertiary/aromatic N) is 1. The Labute approximate surface area is 354 Å². The molecule has 1 rings (SSSR count). The maximum absolute atomic E-state index is 14.9. The van der Waals surface area contributed by atoms with E-state index in [2.05, 4.69) is 146 Å². The van der Waals surface area contributed by atoms with Crippen molar-refractivity contribution in [1.29, 1.82) is 0 Å². The van der Waals surface area contributed by atoms with Crippen LogP contribution in [-0.2, 0) is 22.9 Å². The van der Waals surface area contributed by atoms with Crippen LogP contribution in [0, 0.1) is 17.3 Å². The minimum Gasteiger partial charge on any atom is -0.481 e. The summed E-state index contributed by atoms with van der Waals surface area (Å²) in [5, 5.41) is 9.96. The molecule has 0 aliphatic rings. The highest BCUT2D eigenvalue weighted by Crippen LogP contribution is 2.45. The third kappa shape index (κ3) is 15.7. The number of aromatic nitrogens is 1. The monoisotopic (exact) mass is 846 g/mol. The summed E-state index contributed by atoms with van der Waals surface area (Å²) in [5.74, 6) is -1.17. The van der Waals surface area contributed by atoms with Gasteiger partial charge in [0.1, 0.15) is 5.78 Å². The minimum atomic E-state index is -2.39. The lowest BCUT2D eigenvalue weighted by molar-refractivity contribution is -0.147. The van der Waals surface area contributed by atoms with Crippen molar-refractivity contribution in [2.75, 3.05) is 0 Å². The van der Waals surface area contributed by atoms with Gasteiger partial charge in [0.15, 0.2) is 25.0 Å². The van der Waals surface area contributed by atoms with E-state index < -0.39 is 42.4 Å². The quantitative estimate of drug-likeness (QED) is 0.0917. The summed E-state index contributed by atoms with van der Waals surface area (Å²) in [7, 11) is -6.73. The van der Waals surface area contributed by atoms with E-state index in [1.165, 1.54) is 11.1 Å². The van der Waals surface area contributed by atoms with Crippen molar-refractivity contribution in [1.82, 2.24) is 4.98 Å². The van der Waals surface area contributed by atoms with Crippen LogP contribution in [0.5, 0.6) is 0 Å². The molecule has 1 aromatic heterocycles. The van der Waals surface area contributed by atoms with Crippen molar-refractivity contribution in [3.8, 4) is 0 Å². The molecule has 0 bridgehead atoms. The van der Waals surface area contributed by atoms with Crippen LogP contribution in [0.3, 0.4) is 0 Å². The second-order valence-corrected chi connectivity index (χ2v) is 36.3. The van der Waals surface area contributed by atoms with Gasteiger partial charge in [0, 0.05) is 17.5 Å². The minimum absolute atomic E-state index is 0.0330. The Hall–Kier alpha value is -1.70. The van der Waals surface area contributed by atoms with Crippen molar-refractivity contribution in [3.63, 3.8) is 0 Å². The topological polar surface area (TPSA) is 95.0 Å². The lowest BCUT2D eigenvalue weighted by Gasteiger charge is -2.47. The van der Waals surface area contributed by atoms with Crippen molar-refractivity contribution in [2.24, 2.45) is 17.3 Å². The molecule has 0 unspecified atom stereocenters. The Balaban J connectivity index is 3.44. The Bertz CT molecular complexity index is 1500. The number of carbonyl (C=O) groups excluding carboxylic acids is 1. The zero-order chi connectivity index (χ0) is 44.6. The first kappa shape index (κ1) is 53.3. The normalized spacial score (nSPS) is 17.2. The first-order valence-corrected chi connectivity index (χ1v) is 30.4. The molecule has 0 saturated carbocycles. The van der Waals surface area contributed by atoms with Gasteiger partial charge in [-0.15, -0.1) is 0 Å². The van der Waals surface area contributed by atoms with Gasteiger partial charge in [-0.3, -0.25) is 14.6 Å². The smallest absolute Gasteiger partial charge is 0.305 e. The SMILES string of the molecule is CC[C@@H](C(=O)C(C)(C)[C@H](CC(=O)O)O[Si](C)(C)C(C)(C)C)[C@@H](O[Si](C)(C)C(C)(C)C)[C@@H](C)CCCC(C)=CC[C@H](O[Si](C)(C)C(C)(C)C)C(C)=Cc1ccccn1. The molecule has 1 heterocycles. The predicted octanol–water partition coefficient (Wildman–Crippen LogP) is 13.9. The van der Waals surface area contributed by atoms with Gasteiger partial charge in [0.25, 0.3) is 0 Å². The average molecular weight is 846 g/mol. The summed E-state index contributed by atoms with van der Waals surface area (Å²) >= 11 is 0. The second-order valence-electron chi connectivity index (χ2n) is 22.1. The van der Waals surface area contributed by atoms with Gasteiger partial charge >= 0.3 is 5.97 Å². The van der Waals surface area contributed by atoms with Crippen LogP contribution in [0.4, 0.5) is 0 Å². The predicted molar refractivity (Wildman–Crippen MR) is 250 cm³/mol. The Morgan fingerprint density at radius 3 is 1.77 bits per heavy atom. The van der Waals surface area contributed by atoms with Crippen LogP contribution in [0.25, 0.3) is 6.08 Å². The van der Waals surface area contributed by atoms with E-state index in [1.54, 1.807) is 0 Å². The molecule has 1 aromatic rings. The Kier molecular flexibility index (Phi) is 19.4. The molecular weight excluding hydrogens is 759 g/mol. The largest absolute Gasteiger partial charge is 0.481 e. The fourth-order valence-electron chi connectivity index (χ4n) is 6.37. The molecule has 0 aliphatic heterocycles. The highest BCUT2D eigenvalue weighted by molar-refractivity contribution is 6.75. The van der Waals surface area contributed by atoms with Crippen molar-refractivity contribution < 1.29 is 28.0 Å². The van der Waals surface area contributed by atoms with E-state index in [9.17, 15) is 14.7 Å². The molecular formula is C47H87NO6Si3. The van der Waals surface area contributed by atoms with Crippen molar-refractivity contribution in [2.45, 2.75) is 215 Å². The van der Waals surface area contributed by atoms with Gasteiger partial charge < -0.3 is 18.4 Å². The molecule has 0 amide bonds. The van der Waals surface area contributed by atoms with Crippen LogP contribution in [-0.4, -0.2) is 65.1 Å². The van der Waals surface area contributed by atoms with E-state index in [1.807, 2.05) is 38.2 Å². The number of ketones is 1. The first-order chi connectivity index (χ1) is 25.6. The molecule has 328 valence electrons. The standard InChI is InChI=1S/C47H87NO6Si3/c1-22-38(43(51)47(14,15)40(33-41(49)50)53-56(18,19)45(8,9)10)42(54-57(20,21)46(11,12)13)35(3)27-25-26-34(2)29-30-39(52-55(16,17)44(5,6)7)36(4)32-37-28-23-24-31-48-37/h23-24,28-29,31-32,35,38-40,42H,22,25-27,30,33H2,1-21H3,(H,49,50)/t35-,38+,39-,40-,42-/m0/s1. The van der Waals surface area contributed by atoms with Gasteiger partial charge in [-0.2, -0.15) is 0 Å². The number of hydrogen-bond acceptors (Lipinski definition) is 6. The maximum atomic E-state index is 14.9. The number of hydrogen-bond donors (Lipinski definition) is 1. The summed E-state index contributed by atoms with van der Waals surface area (Å²) in [6.07, 6.45) is 9.33. The molecule has 57 heavy (non-hydrogen) atoms. The van der Waals surface area contributed by atoms with E-state index in [-0.39, 0.29) is 51.4 Å². The lowest BCUT2D eigenvalue weighted by Crippen LogP contribution is -2.54. The fourth-order valence-corrected chi connectivity index (χ4v) is 10.6. The van der Waals surface area contributed by atoms with Gasteiger partial charge in [0.05, 0.1) is 30.4 Å². The van der Waals surface area contributed by atoms with Gasteiger partial charge in [0.2, 0.25) is 0 Å². The molecule has 0 radical (unpaired) electrons. The van der Waals surface area contributed by atoms with E-state index in [0.29, 0.717) is 6.42 Å². The first-order valence-electron chi connectivity index (χ1n) is 21.7. The van der Waals surface area contributed by atoms with Crippen LogP contribution in [0.1, 0.15) is 148 Å². The van der Waals surface area contributed by atoms with Crippen LogP contribution in [0.2, 0.25) is 54.4 Å². The second kappa shape index (κ2) is 20.7. The molecule has 5 atom stereocenters. The summed E-state index contributed by atoms with van der Waals surface area (Å²) in [6.45, 7) is 45.9. The number of carboxylic acids is 1. The molecule has 1 N–H and O–H groups in total. The van der Waals surface area contributed by atoms with Gasteiger partial charge in [-0.1, -0.05) is 108 Å². The van der Waals surface area contributed by atoms with Crippen LogP contribution in [0.15, 0.2) is 41.6 Å². The zero-order valence-corrected chi connectivity index (χ0v) is 43.5. The number of allylic oxidation sites excluding steroid dienone is 1. The molecule has 0 spiro atoms. The van der Waals surface area contributed by atoms with E-state index >= 15 is 0 Å². The third-order valence-corrected chi connectivity index (χ3v) is 27.2. The van der Waals surface area contributed by atoms with Gasteiger partial charge in [-0.05, 0) is 130 Å². The number of pyridine rings is 1. The Morgan fingerprint density at radius 2 is 1.32 bits per heavy atom. The number of carboxylic acid groups (broad SMARTS) is 1. The summed E-state index contributed by atoms with van der Waals surface area (Å²) in [4.78, 5) is 31.7. The van der Waals surface area contributed by atoms with Crippen molar-refractivity contribution >= 4 is 42.8 Å². The highest BCUT2D eigenvalue weighted by atomic mass is 28.4. The average Bonchev–Trinajstić information content (AvgIpc) is 3.04. The fraction of sp³-hybridized carbons (Fsp3) is 0.766. The number of Topliss-reactive ketones (excluding diaryl/α,β-unsaturated/α-hetero) is 1. The molecule has 0 saturated heterocycles. The highest BCUT2D eigenvalue weighted by Gasteiger charge is 2.50. The molecule has 0 fully saturated rings.